The summed E-state index contributed by atoms with van der Waals surface area (Å²) in [6.07, 6.45) is 0. The Hall–Kier alpha value is -7.22. The van der Waals surface area contributed by atoms with Crippen molar-refractivity contribution in [3.63, 3.8) is 0 Å². The zero-order valence-corrected chi connectivity index (χ0v) is 28.1. The van der Waals surface area contributed by atoms with Crippen LogP contribution >= 0.6 is 0 Å². The van der Waals surface area contributed by atoms with Crippen LogP contribution < -0.4 is 0 Å². The van der Waals surface area contributed by atoms with Gasteiger partial charge in [-0.1, -0.05) is 158 Å². The van der Waals surface area contributed by atoms with Gasteiger partial charge in [-0.15, -0.1) is 0 Å². The molecule has 4 heteroatoms. The SMILES string of the molecule is N#Cc1cccc(-c2nc(-c3ccc(-c4ccc5ccccc5c4)cc3)nc(-c3cccc(-c4ccccc4)c3-c3ccc4ccccc4c3)n2)c1. The average molecular weight is 663 g/mol. The summed E-state index contributed by atoms with van der Waals surface area (Å²) < 4.78 is 0. The standard InChI is InChI=1S/C48H30N4/c49-31-32-10-8-17-42(28-32)47-50-46(37-24-20-35(21-25-37)40-26-22-33-11-4-6-15-38(33)29-40)51-48(52-47)44-19-9-18-43(36-13-2-1-3-14-36)45(44)41-27-23-34-12-5-7-16-39(34)30-41/h1-30H. The van der Waals surface area contributed by atoms with Gasteiger partial charge in [0.25, 0.3) is 0 Å². The van der Waals surface area contributed by atoms with E-state index < -0.39 is 0 Å². The van der Waals surface area contributed by atoms with Crippen LogP contribution in [-0.2, 0) is 0 Å². The van der Waals surface area contributed by atoms with E-state index in [1.165, 1.54) is 16.2 Å². The molecule has 0 fully saturated rings. The number of nitrogens with zero attached hydrogens (tertiary/aromatic N) is 4. The lowest BCUT2D eigenvalue weighted by Crippen LogP contribution is -2.02. The number of rotatable bonds is 6. The fourth-order valence-electron chi connectivity index (χ4n) is 6.92. The molecule has 1 aromatic heterocycles. The van der Waals surface area contributed by atoms with Crippen molar-refractivity contribution in [2.45, 2.75) is 0 Å². The van der Waals surface area contributed by atoms with Crippen LogP contribution in [-0.4, -0.2) is 15.0 Å². The van der Waals surface area contributed by atoms with Crippen LogP contribution in [0.15, 0.2) is 182 Å². The molecule has 0 aliphatic heterocycles. The third kappa shape index (κ3) is 5.87. The van der Waals surface area contributed by atoms with E-state index in [1.54, 1.807) is 6.07 Å². The molecule has 0 aliphatic carbocycles. The summed E-state index contributed by atoms with van der Waals surface area (Å²) in [5.41, 5.74) is 9.63. The van der Waals surface area contributed by atoms with E-state index in [0.717, 1.165) is 55.5 Å². The number of nitriles is 1. The Morgan fingerprint density at radius 3 is 1.56 bits per heavy atom. The minimum absolute atomic E-state index is 0.505. The van der Waals surface area contributed by atoms with Gasteiger partial charge in [-0.05, 0) is 73.6 Å². The van der Waals surface area contributed by atoms with Gasteiger partial charge in [0.15, 0.2) is 17.5 Å². The van der Waals surface area contributed by atoms with E-state index in [-0.39, 0.29) is 0 Å². The molecule has 0 bridgehead atoms. The minimum atomic E-state index is 0.505. The molecule has 8 aromatic carbocycles. The van der Waals surface area contributed by atoms with E-state index in [1.807, 2.05) is 24.3 Å². The quantitative estimate of drug-likeness (QED) is 0.178. The summed E-state index contributed by atoms with van der Waals surface area (Å²) in [5, 5.41) is 14.5. The van der Waals surface area contributed by atoms with Crippen LogP contribution in [0, 0.1) is 11.3 Å². The molecule has 0 unspecified atom stereocenters. The molecule has 0 amide bonds. The number of benzene rings is 8. The van der Waals surface area contributed by atoms with Crippen molar-refractivity contribution in [1.82, 2.24) is 15.0 Å². The topological polar surface area (TPSA) is 62.5 Å². The first-order valence-electron chi connectivity index (χ1n) is 17.2. The summed E-state index contributed by atoms with van der Waals surface area (Å²) in [6.45, 7) is 0. The van der Waals surface area contributed by atoms with Gasteiger partial charge in [0.2, 0.25) is 0 Å². The van der Waals surface area contributed by atoms with Gasteiger partial charge in [-0.25, -0.2) is 15.0 Å². The van der Waals surface area contributed by atoms with Crippen molar-refractivity contribution in [2.75, 3.05) is 0 Å². The fourth-order valence-corrected chi connectivity index (χ4v) is 6.92. The van der Waals surface area contributed by atoms with Crippen LogP contribution in [0.5, 0.6) is 0 Å². The van der Waals surface area contributed by atoms with Crippen LogP contribution in [0.3, 0.4) is 0 Å². The van der Waals surface area contributed by atoms with E-state index >= 15 is 0 Å². The Bertz CT molecular complexity index is 2800. The zero-order valence-electron chi connectivity index (χ0n) is 28.1. The first-order chi connectivity index (χ1) is 25.7. The lowest BCUT2D eigenvalue weighted by atomic mass is 9.89. The third-order valence-electron chi connectivity index (χ3n) is 9.54. The Morgan fingerprint density at radius 1 is 0.327 bits per heavy atom. The Kier molecular flexibility index (Phi) is 7.85. The van der Waals surface area contributed by atoms with Gasteiger partial charge in [0.05, 0.1) is 11.6 Å². The van der Waals surface area contributed by atoms with Crippen molar-refractivity contribution in [2.24, 2.45) is 0 Å². The number of aromatic nitrogens is 3. The maximum absolute atomic E-state index is 9.73. The molecule has 0 saturated heterocycles. The van der Waals surface area contributed by atoms with Gasteiger partial charge < -0.3 is 0 Å². The molecule has 1 heterocycles. The van der Waals surface area contributed by atoms with Crippen molar-refractivity contribution in [1.29, 1.82) is 5.26 Å². The minimum Gasteiger partial charge on any atom is -0.208 e. The van der Waals surface area contributed by atoms with Gasteiger partial charge >= 0.3 is 0 Å². The van der Waals surface area contributed by atoms with E-state index in [0.29, 0.717) is 23.0 Å². The molecule has 0 saturated carbocycles. The third-order valence-corrected chi connectivity index (χ3v) is 9.54. The normalized spacial score (nSPS) is 11.1. The van der Waals surface area contributed by atoms with Crippen molar-refractivity contribution in [3.05, 3.63) is 188 Å². The molecule has 9 aromatic rings. The Labute approximate surface area is 302 Å². The molecule has 0 N–H and O–H groups in total. The first kappa shape index (κ1) is 30.8. The highest BCUT2D eigenvalue weighted by Gasteiger charge is 2.19. The molecule has 0 spiro atoms. The monoisotopic (exact) mass is 662 g/mol. The maximum Gasteiger partial charge on any atom is 0.164 e. The summed E-state index contributed by atoms with van der Waals surface area (Å²) in [6, 6.07) is 64.8. The second-order valence-electron chi connectivity index (χ2n) is 12.8. The largest absolute Gasteiger partial charge is 0.208 e. The summed E-state index contributed by atoms with van der Waals surface area (Å²) >= 11 is 0. The molecular formula is C48H30N4. The van der Waals surface area contributed by atoms with Gasteiger partial charge in [-0.3, -0.25) is 0 Å². The van der Waals surface area contributed by atoms with Crippen molar-refractivity contribution in [3.8, 4) is 73.6 Å². The van der Waals surface area contributed by atoms with Crippen LogP contribution in [0.2, 0.25) is 0 Å². The molecule has 9 rings (SSSR count). The highest BCUT2D eigenvalue weighted by atomic mass is 15.0. The highest BCUT2D eigenvalue weighted by Crippen LogP contribution is 2.41. The van der Waals surface area contributed by atoms with Crippen molar-refractivity contribution < 1.29 is 0 Å². The molecule has 242 valence electrons. The lowest BCUT2D eigenvalue weighted by Gasteiger charge is -2.17. The fraction of sp³-hybridized carbons (Fsp3) is 0. The maximum atomic E-state index is 9.73. The van der Waals surface area contributed by atoms with E-state index in [2.05, 4.69) is 158 Å². The Balaban J connectivity index is 1.24. The van der Waals surface area contributed by atoms with Gasteiger partial charge in [0.1, 0.15) is 0 Å². The molecule has 4 nitrogen and oxygen atoms in total. The molecule has 0 aliphatic rings. The molecule has 0 atom stereocenters. The average Bonchev–Trinajstić information content (AvgIpc) is 3.23. The van der Waals surface area contributed by atoms with Gasteiger partial charge in [-0.2, -0.15) is 5.26 Å². The first-order valence-corrected chi connectivity index (χ1v) is 17.2. The van der Waals surface area contributed by atoms with E-state index in [9.17, 15) is 5.26 Å². The summed E-state index contributed by atoms with van der Waals surface area (Å²) in [7, 11) is 0. The smallest absolute Gasteiger partial charge is 0.164 e. The molecule has 52 heavy (non-hydrogen) atoms. The number of hydrogen-bond acceptors (Lipinski definition) is 4. The lowest BCUT2D eigenvalue weighted by molar-refractivity contribution is 1.07. The van der Waals surface area contributed by atoms with Crippen molar-refractivity contribution >= 4 is 21.5 Å². The second-order valence-corrected chi connectivity index (χ2v) is 12.8. The predicted octanol–water partition coefficient (Wildman–Crippen LogP) is 12.1. The predicted molar refractivity (Wildman–Crippen MR) is 212 cm³/mol. The molecular weight excluding hydrogens is 633 g/mol. The number of hydrogen-bond donors (Lipinski definition) is 0. The Morgan fingerprint density at radius 2 is 0.846 bits per heavy atom. The zero-order chi connectivity index (χ0) is 34.9. The second kappa shape index (κ2) is 13.2. The van der Waals surface area contributed by atoms with Crippen LogP contribution in [0.1, 0.15) is 5.56 Å². The van der Waals surface area contributed by atoms with Gasteiger partial charge in [0, 0.05) is 22.3 Å². The highest BCUT2D eigenvalue weighted by molar-refractivity contribution is 5.97. The summed E-state index contributed by atoms with van der Waals surface area (Å²) in [5.74, 6) is 1.62. The van der Waals surface area contributed by atoms with Crippen LogP contribution in [0.4, 0.5) is 0 Å². The molecule has 0 radical (unpaired) electrons. The summed E-state index contributed by atoms with van der Waals surface area (Å²) in [4.78, 5) is 15.3. The van der Waals surface area contributed by atoms with E-state index in [4.69, 9.17) is 15.0 Å². The number of fused-ring (bicyclic) bond motifs is 2. The van der Waals surface area contributed by atoms with Crippen LogP contribution in [0.25, 0.3) is 89.1 Å².